The molecule has 0 aromatic heterocycles. The average molecular weight is 283 g/mol. The van der Waals surface area contributed by atoms with Crippen LogP contribution in [-0.2, 0) is 19.1 Å². The van der Waals surface area contributed by atoms with Gasteiger partial charge in [-0.1, -0.05) is 41.0 Å². The molecule has 0 aliphatic heterocycles. The van der Waals surface area contributed by atoms with Crippen molar-refractivity contribution in [2.24, 2.45) is 23.7 Å². The monoisotopic (exact) mass is 283 g/mol. The van der Waals surface area contributed by atoms with E-state index in [2.05, 4.69) is 20.8 Å². The Hall–Kier alpha value is -1.06. The van der Waals surface area contributed by atoms with Crippen LogP contribution in [0, 0.1) is 23.7 Å². The van der Waals surface area contributed by atoms with Crippen molar-refractivity contribution in [3.8, 4) is 0 Å². The summed E-state index contributed by atoms with van der Waals surface area (Å²) >= 11 is 0. The average Bonchev–Trinajstić information content (AvgIpc) is 2.35. The van der Waals surface area contributed by atoms with Gasteiger partial charge in [0, 0.05) is 12.3 Å². The van der Waals surface area contributed by atoms with E-state index < -0.39 is 11.6 Å². The Morgan fingerprint density at radius 3 is 2.45 bits per heavy atom. The summed E-state index contributed by atoms with van der Waals surface area (Å²) in [6.07, 6.45) is 2.45. The topological polar surface area (TPSA) is 52.6 Å². The molecule has 0 N–H and O–H groups in total. The summed E-state index contributed by atoms with van der Waals surface area (Å²) in [5, 5.41) is 0. The van der Waals surface area contributed by atoms with E-state index in [4.69, 9.17) is 9.47 Å². The highest BCUT2D eigenvalue weighted by molar-refractivity contribution is 5.81. The van der Waals surface area contributed by atoms with Gasteiger partial charge >= 0.3 is 12.4 Å². The van der Waals surface area contributed by atoms with Crippen LogP contribution in [0.1, 0.15) is 53.9 Å². The van der Waals surface area contributed by atoms with Gasteiger partial charge in [0.05, 0.1) is 6.61 Å². The maximum absolute atomic E-state index is 12.5. The fourth-order valence-corrected chi connectivity index (χ4v) is 3.17. The van der Waals surface area contributed by atoms with E-state index in [1.165, 1.54) is 6.47 Å². The molecule has 0 bridgehead atoms. The lowest BCUT2D eigenvalue weighted by atomic mass is 9.67. The second-order valence-electron chi connectivity index (χ2n) is 6.80. The number of carbonyl (C=O) groups is 1. The molecule has 115 valence electrons. The molecule has 0 saturated heterocycles. The van der Waals surface area contributed by atoms with E-state index in [1.54, 1.807) is 0 Å². The van der Waals surface area contributed by atoms with Crippen LogP contribution in [0.4, 0.5) is 0 Å². The predicted octanol–water partition coefficient (Wildman–Crippen LogP) is 3.10. The third-order valence-electron chi connectivity index (χ3n) is 4.14. The Morgan fingerprint density at radius 1 is 1.30 bits per heavy atom. The quantitative estimate of drug-likeness (QED) is 0.703. The zero-order valence-corrected chi connectivity index (χ0v) is 13.3. The van der Waals surface area contributed by atoms with E-state index in [-0.39, 0.29) is 17.8 Å². The molecule has 0 heterocycles. The number of hydrogen-bond acceptors (Lipinski definition) is 4. The Morgan fingerprint density at radius 2 is 1.95 bits per heavy atom. The molecule has 1 fully saturated rings. The van der Waals surface area contributed by atoms with Gasteiger partial charge in [-0.3, -0.25) is 0 Å². The molecule has 0 aromatic rings. The highest BCUT2D eigenvalue weighted by Gasteiger charge is 2.53. The van der Waals surface area contributed by atoms with Crippen LogP contribution in [0.3, 0.4) is 0 Å². The van der Waals surface area contributed by atoms with Crippen molar-refractivity contribution in [2.45, 2.75) is 59.5 Å². The molecule has 0 spiro atoms. The van der Waals surface area contributed by atoms with Crippen molar-refractivity contribution >= 4 is 12.4 Å². The molecule has 4 nitrogen and oxygen atoms in total. The standard InChI is InChI=1S/C16H27O4/c1-11(2)9-19-15(18)16(20-10-17)8-13(5)6-7-14(16)12(3)4/h11-14H,6-9H2,1-5H3. The van der Waals surface area contributed by atoms with Crippen LogP contribution in [0.2, 0.25) is 0 Å². The number of hydrogen-bond donors (Lipinski definition) is 0. The fraction of sp³-hybridized carbons (Fsp3) is 0.875. The molecular formula is C16H27O4. The second kappa shape index (κ2) is 7.09. The Labute approximate surface area is 122 Å². The van der Waals surface area contributed by atoms with Crippen molar-refractivity contribution in [3.05, 3.63) is 0 Å². The van der Waals surface area contributed by atoms with Crippen LogP contribution in [0.25, 0.3) is 0 Å². The van der Waals surface area contributed by atoms with Gasteiger partial charge in [0.1, 0.15) is 0 Å². The van der Waals surface area contributed by atoms with Crippen LogP contribution in [0.5, 0.6) is 0 Å². The minimum atomic E-state index is -1.15. The normalized spacial score (nSPS) is 30.4. The summed E-state index contributed by atoms with van der Waals surface area (Å²) in [7, 11) is 0. The first-order valence-corrected chi connectivity index (χ1v) is 7.55. The van der Waals surface area contributed by atoms with Gasteiger partial charge in [0.25, 0.3) is 0 Å². The van der Waals surface area contributed by atoms with Gasteiger partial charge in [0.15, 0.2) is 0 Å². The Bertz CT molecular complexity index is 337. The zero-order valence-electron chi connectivity index (χ0n) is 13.3. The lowest BCUT2D eigenvalue weighted by Gasteiger charge is -2.44. The molecule has 1 aliphatic carbocycles. The lowest BCUT2D eigenvalue weighted by Crippen LogP contribution is -2.54. The second-order valence-corrected chi connectivity index (χ2v) is 6.80. The molecule has 3 unspecified atom stereocenters. The van der Waals surface area contributed by atoms with E-state index >= 15 is 0 Å². The summed E-state index contributed by atoms with van der Waals surface area (Å²) in [6.45, 7) is 12.0. The largest absolute Gasteiger partial charge is 0.462 e. The molecule has 20 heavy (non-hydrogen) atoms. The highest BCUT2D eigenvalue weighted by atomic mass is 16.6. The summed E-state index contributed by atoms with van der Waals surface area (Å²) in [5.74, 6) is 0.446. The first-order chi connectivity index (χ1) is 9.33. The maximum Gasteiger partial charge on any atom is 0.418 e. The molecule has 1 aliphatic rings. The summed E-state index contributed by atoms with van der Waals surface area (Å²) < 4.78 is 10.6. The first kappa shape index (κ1) is 17.0. The molecule has 1 radical (unpaired) electrons. The Kier molecular flexibility index (Phi) is 6.03. The zero-order chi connectivity index (χ0) is 15.3. The third-order valence-corrected chi connectivity index (χ3v) is 4.14. The fourth-order valence-electron chi connectivity index (χ4n) is 3.17. The summed E-state index contributed by atoms with van der Waals surface area (Å²) in [4.78, 5) is 23.4. The molecule has 4 heteroatoms. The minimum absolute atomic E-state index is 0.000174. The van der Waals surface area contributed by atoms with Crippen molar-refractivity contribution < 1.29 is 19.1 Å². The van der Waals surface area contributed by atoms with E-state index in [9.17, 15) is 9.59 Å². The van der Waals surface area contributed by atoms with Gasteiger partial charge in [0.2, 0.25) is 5.60 Å². The van der Waals surface area contributed by atoms with Gasteiger partial charge in [-0.05, 0) is 24.2 Å². The molecule has 0 amide bonds. The number of esters is 1. The Balaban J connectivity index is 3.00. The predicted molar refractivity (Wildman–Crippen MR) is 76.6 cm³/mol. The van der Waals surface area contributed by atoms with Crippen molar-refractivity contribution in [1.29, 1.82) is 0 Å². The van der Waals surface area contributed by atoms with Crippen LogP contribution in [0.15, 0.2) is 0 Å². The van der Waals surface area contributed by atoms with Gasteiger partial charge in [-0.15, -0.1) is 0 Å². The maximum atomic E-state index is 12.5. The molecule has 3 atom stereocenters. The first-order valence-electron chi connectivity index (χ1n) is 7.55. The summed E-state index contributed by atoms with van der Waals surface area (Å²) in [6, 6.07) is 0. The van der Waals surface area contributed by atoms with Crippen molar-refractivity contribution in [3.63, 3.8) is 0 Å². The van der Waals surface area contributed by atoms with Gasteiger partial charge in [-0.25, -0.2) is 9.59 Å². The highest BCUT2D eigenvalue weighted by Crippen LogP contribution is 2.44. The molecular weight excluding hydrogens is 256 g/mol. The molecule has 0 aromatic carbocycles. The number of rotatable bonds is 6. The van der Waals surface area contributed by atoms with Crippen LogP contribution >= 0.6 is 0 Å². The van der Waals surface area contributed by atoms with Crippen LogP contribution in [-0.4, -0.2) is 24.6 Å². The SMILES string of the molecule is CC(C)COC(=O)C1(O[C]=O)CC(C)CCC1C(C)C. The van der Waals surface area contributed by atoms with Gasteiger partial charge < -0.3 is 9.47 Å². The van der Waals surface area contributed by atoms with Crippen LogP contribution < -0.4 is 0 Å². The lowest BCUT2D eigenvalue weighted by molar-refractivity contribution is -0.179. The summed E-state index contributed by atoms with van der Waals surface area (Å²) in [5.41, 5.74) is -1.15. The van der Waals surface area contributed by atoms with Gasteiger partial charge in [-0.2, -0.15) is 0 Å². The third kappa shape index (κ3) is 3.74. The number of ether oxygens (including phenoxy) is 2. The number of carbonyl (C=O) groups excluding carboxylic acids is 2. The minimum Gasteiger partial charge on any atom is -0.462 e. The van der Waals surface area contributed by atoms with E-state index in [0.717, 1.165) is 12.8 Å². The molecule has 1 saturated carbocycles. The smallest absolute Gasteiger partial charge is 0.418 e. The molecule has 1 rings (SSSR count). The van der Waals surface area contributed by atoms with E-state index in [1.807, 2.05) is 13.8 Å². The van der Waals surface area contributed by atoms with E-state index in [0.29, 0.717) is 18.9 Å². The van der Waals surface area contributed by atoms with Crippen molar-refractivity contribution in [2.75, 3.05) is 6.61 Å². The van der Waals surface area contributed by atoms with Crippen molar-refractivity contribution in [1.82, 2.24) is 0 Å².